The Balaban J connectivity index is 1.38. The van der Waals surface area contributed by atoms with Gasteiger partial charge in [0.25, 0.3) is 21.5 Å². The van der Waals surface area contributed by atoms with Gasteiger partial charge in [-0.25, -0.2) is 13.1 Å². The molecule has 1 aliphatic heterocycles. The van der Waals surface area contributed by atoms with Crippen molar-refractivity contribution in [1.29, 1.82) is 0 Å². The smallest absolute Gasteiger partial charge is 0.296 e. The summed E-state index contributed by atoms with van der Waals surface area (Å²) >= 11 is 12.1. The van der Waals surface area contributed by atoms with E-state index in [4.69, 9.17) is 27.9 Å². The summed E-state index contributed by atoms with van der Waals surface area (Å²) in [4.78, 5) is 28.5. The summed E-state index contributed by atoms with van der Waals surface area (Å²) in [7, 11) is -1.14. The molecule has 0 aliphatic carbocycles. The van der Waals surface area contributed by atoms with Gasteiger partial charge in [0.05, 0.1) is 32.9 Å². The number of likely N-dealkylation sites (tertiary alicyclic amines) is 1. The van der Waals surface area contributed by atoms with E-state index in [1.165, 1.54) is 29.9 Å². The number of hydrogen-bond acceptors (Lipinski definition) is 5. The lowest BCUT2D eigenvalue weighted by Crippen LogP contribution is -2.44. The predicted octanol–water partition coefficient (Wildman–Crippen LogP) is 5.30. The number of halogens is 2. The number of amides is 1. The zero-order valence-electron chi connectivity index (χ0n) is 23.3. The topological polar surface area (TPSA) is 93.9 Å². The van der Waals surface area contributed by atoms with Crippen LogP contribution in [0.3, 0.4) is 0 Å². The minimum Gasteiger partial charge on any atom is -0.489 e. The highest BCUT2D eigenvalue weighted by molar-refractivity contribution is 7.92. The molecule has 0 saturated carbocycles. The van der Waals surface area contributed by atoms with Gasteiger partial charge in [-0.3, -0.25) is 18.6 Å². The number of aromatic nitrogens is 2. The van der Waals surface area contributed by atoms with Crippen molar-refractivity contribution in [2.75, 3.05) is 24.4 Å². The quantitative estimate of drug-likeness (QED) is 0.277. The van der Waals surface area contributed by atoms with Crippen LogP contribution in [0.2, 0.25) is 10.0 Å². The third-order valence-electron chi connectivity index (χ3n) is 7.44. The van der Waals surface area contributed by atoms with Crippen molar-refractivity contribution in [2.24, 2.45) is 7.05 Å². The van der Waals surface area contributed by atoms with Crippen LogP contribution in [0.15, 0.2) is 82.5 Å². The Labute approximate surface area is 254 Å². The van der Waals surface area contributed by atoms with E-state index in [0.717, 1.165) is 17.1 Å². The first kappa shape index (κ1) is 29.8. The first-order chi connectivity index (χ1) is 20.0. The second-order valence-corrected chi connectivity index (χ2v) is 12.9. The molecule has 12 heteroatoms. The van der Waals surface area contributed by atoms with Crippen LogP contribution < -0.4 is 14.6 Å². The standard InChI is InChI=1S/C30H30Cl2N4O5S/c1-20-28(30(38)36(33(20)2)22-10-5-4-6-11-22)34(3)42(39,40)25-13-7-9-21(17-25)29(37)35-16-8-12-24(19-35)41-23-14-15-26(31)27(32)18-23/h4-7,9-11,13-15,17-18,24H,8,12,16,19H2,1-3H3. The van der Waals surface area contributed by atoms with Gasteiger partial charge in [-0.1, -0.05) is 47.5 Å². The molecule has 0 radical (unpaired) electrons. The van der Waals surface area contributed by atoms with Crippen molar-refractivity contribution in [3.05, 3.63) is 104 Å². The van der Waals surface area contributed by atoms with Gasteiger partial charge in [-0.15, -0.1) is 0 Å². The van der Waals surface area contributed by atoms with E-state index in [1.807, 2.05) is 6.07 Å². The van der Waals surface area contributed by atoms with E-state index >= 15 is 0 Å². The van der Waals surface area contributed by atoms with Gasteiger partial charge < -0.3 is 9.64 Å². The van der Waals surface area contributed by atoms with Crippen LogP contribution in [0.1, 0.15) is 28.9 Å². The van der Waals surface area contributed by atoms with Gasteiger partial charge in [-0.05, 0) is 62.2 Å². The van der Waals surface area contributed by atoms with Crippen LogP contribution in [0.4, 0.5) is 5.69 Å². The third-order valence-corrected chi connectivity index (χ3v) is 9.93. The van der Waals surface area contributed by atoms with Gasteiger partial charge in [0.1, 0.15) is 17.5 Å². The third kappa shape index (κ3) is 5.66. The van der Waals surface area contributed by atoms with E-state index in [1.54, 1.807) is 72.1 Å². The lowest BCUT2D eigenvalue weighted by Gasteiger charge is -2.33. The monoisotopic (exact) mass is 628 g/mol. The highest BCUT2D eigenvalue weighted by atomic mass is 35.5. The Morgan fingerprint density at radius 3 is 2.45 bits per heavy atom. The zero-order valence-corrected chi connectivity index (χ0v) is 25.7. The van der Waals surface area contributed by atoms with Crippen LogP contribution >= 0.6 is 23.2 Å². The molecule has 1 saturated heterocycles. The fourth-order valence-electron chi connectivity index (χ4n) is 5.13. The average molecular weight is 630 g/mol. The largest absolute Gasteiger partial charge is 0.489 e. The number of ether oxygens (including phenoxy) is 1. The second-order valence-electron chi connectivity index (χ2n) is 10.1. The number of benzene rings is 3. The molecule has 0 bridgehead atoms. The molecule has 0 spiro atoms. The Morgan fingerprint density at radius 1 is 1.00 bits per heavy atom. The lowest BCUT2D eigenvalue weighted by atomic mass is 10.1. The van der Waals surface area contributed by atoms with E-state index < -0.39 is 15.6 Å². The van der Waals surface area contributed by atoms with Gasteiger partial charge in [0.2, 0.25) is 0 Å². The second kappa shape index (κ2) is 11.9. The number of carbonyl (C=O) groups is 1. The number of hydrogen-bond donors (Lipinski definition) is 0. The zero-order chi connectivity index (χ0) is 30.2. The molecule has 220 valence electrons. The molecule has 0 N–H and O–H groups in total. The molecular formula is C30H30Cl2N4O5S. The molecular weight excluding hydrogens is 599 g/mol. The first-order valence-electron chi connectivity index (χ1n) is 13.3. The molecule has 3 aromatic carbocycles. The lowest BCUT2D eigenvalue weighted by molar-refractivity contribution is 0.0537. The fraction of sp³-hybridized carbons (Fsp3) is 0.267. The maximum Gasteiger partial charge on any atom is 0.296 e. The molecule has 9 nitrogen and oxygen atoms in total. The van der Waals surface area contributed by atoms with Crippen molar-refractivity contribution >= 4 is 44.8 Å². The van der Waals surface area contributed by atoms with Crippen LogP contribution in [0.25, 0.3) is 5.69 Å². The van der Waals surface area contributed by atoms with Gasteiger partial charge in [0, 0.05) is 32.3 Å². The summed E-state index contributed by atoms with van der Waals surface area (Å²) in [6.45, 7) is 2.53. The highest BCUT2D eigenvalue weighted by Crippen LogP contribution is 2.29. The van der Waals surface area contributed by atoms with Gasteiger partial charge in [0.15, 0.2) is 0 Å². The van der Waals surface area contributed by atoms with Crippen LogP contribution in [0.5, 0.6) is 5.75 Å². The summed E-state index contributed by atoms with van der Waals surface area (Å²) in [5.41, 5.74) is 0.868. The van der Waals surface area contributed by atoms with E-state index in [9.17, 15) is 18.0 Å². The molecule has 1 amide bonds. The van der Waals surface area contributed by atoms with Crippen molar-refractivity contribution in [2.45, 2.75) is 30.8 Å². The molecule has 5 rings (SSSR count). The van der Waals surface area contributed by atoms with Crippen LogP contribution in [-0.4, -0.2) is 54.8 Å². The van der Waals surface area contributed by atoms with Crippen molar-refractivity contribution in [3.8, 4) is 11.4 Å². The maximum absolute atomic E-state index is 13.8. The van der Waals surface area contributed by atoms with E-state index in [2.05, 4.69) is 0 Å². The van der Waals surface area contributed by atoms with Crippen molar-refractivity contribution in [1.82, 2.24) is 14.3 Å². The normalized spacial score (nSPS) is 15.5. The molecule has 1 atom stereocenters. The van der Waals surface area contributed by atoms with Crippen LogP contribution in [-0.2, 0) is 17.1 Å². The van der Waals surface area contributed by atoms with Crippen LogP contribution in [0, 0.1) is 6.92 Å². The van der Waals surface area contributed by atoms with E-state index in [-0.39, 0.29) is 28.2 Å². The van der Waals surface area contributed by atoms with E-state index in [0.29, 0.717) is 40.3 Å². The number of carbonyl (C=O) groups excluding carboxylic acids is 1. The molecule has 4 aromatic rings. The van der Waals surface area contributed by atoms with Crippen molar-refractivity contribution < 1.29 is 17.9 Å². The Hall–Kier alpha value is -3.73. The number of nitrogens with zero attached hydrogens (tertiary/aromatic N) is 4. The molecule has 1 fully saturated rings. The summed E-state index contributed by atoms with van der Waals surface area (Å²) in [5, 5.41) is 0.805. The van der Waals surface area contributed by atoms with Gasteiger partial charge in [-0.2, -0.15) is 0 Å². The number of anilines is 1. The van der Waals surface area contributed by atoms with Crippen molar-refractivity contribution in [3.63, 3.8) is 0 Å². The molecule has 1 aliphatic rings. The fourth-order valence-corrected chi connectivity index (χ4v) is 6.71. The summed E-state index contributed by atoms with van der Waals surface area (Å²) < 4.78 is 37.6. The molecule has 1 aromatic heterocycles. The summed E-state index contributed by atoms with van der Waals surface area (Å²) in [5.74, 6) is 0.252. The SMILES string of the molecule is Cc1c(N(C)S(=O)(=O)c2cccc(C(=O)N3CCCC(Oc4ccc(Cl)c(Cl)c4)C3)c2)c(=O)n(-c2ccccc2)n1C. The Bertz CT molecular complexity index is 1800. The minimum absolute atomic E-state index is 0.0245. The summed E-state index contributed by atoms with van der Waals surface area (Å²) in [6.07, 6.45) is 1.21. The number of sulfonamides is 1. The predicted molar refractivity (Wildman–Crippen MR) is 164 cm³/mol. The molecule has 42 heavy (non-hydrogen) atoms. The number of rotatable bonds is 7. The van der Waals surface area contributed by atoms with Gasteiger partial charge >= 0.3 is 0 Å². The average Bonchev–Trinajstić information content (AvgIpc) is 3.21. The first-order valence-corrected chi connectivity index (χ1v) is 15.5. The maximum atomic E-state index is 13.8. The minimum atomic E-state index is -4.18. The molecule has 2 heterocycles. The summed E-state index contributed by atoms with van der Waals surface area (Å²) in [6, 6.07) is 19.9. The Morgan fingerprint density at radius 2 is 1.74 bits per heavy atom. The Kier molecular flexibility index (Phi) is 8.41. The highest BCUT2D eigenvalue weighted by Gasteiger charge is 2.31. The number of piperidine rings is 1. The molecule has 1 unspecified atom stereocenters. The number of para-hydroxylation sites is 1.